The maximum absolute atomic E-state index is 11.2. The monoisotopic (exact) mass is 220 g/mol. The zero-order valence-electron chi connectivity index (χ0n) is 8.08. The predicted molar refractivity (Wildman–Crippen MR) is 53.3 cm³/mol. The molecule has 1 unspecified atom stereocenters. The van der Waals surface area contributed by atoms with E-state index in [1.807, 2.05) is 0 Å². The van der Waals surface area contributed by atoms with Crippen LogP contribution in [-0.4, -0.2) is 41.6 Å². The summed E-state index contributed by atoms with van der Waals surface area (Å²) in [4.78, 5) is 22.8. The molecule has 0 saturated carbocycles. The molecule has 0 aliphatic carbocycles. The van der Waals surface area contributed by atoms with Crippen LogP contribution in [0.15, 0.2) is 11.6 Å². The van der Waals surface area contributed by atoms with Crippen LogP contribution in [0.2, 0.25) is 0 Å². The van der Waals surface area contributed by atoms with Crippen LogP contribution in [-0.2, 0) is 4.79 Å². The van der Waals surface area contributed by atoms with E-state index in [9.17, 15) is 9.59 Å². The fourth-order valence-electron chi connectivity index (χ4n) is 0.638. The van der Waals surface area contributed by atoms with E-state index >= 15 is 0 Å². The van der Waals surface area contributed by atoms with Crippen molar-refractivity contribution < 1.29 is 14.7 Å². The van der Waals surface area contributed by atoms with Gasteiger partial charge in [-0.2, -0.15) is 0 Å². The number of carboxylic acid groups (broad SMARTS) is 1. The number of nitrogens with one attached hydrogen (secondary N) is 1. The summed E-state index contributed by atoms with van der Waals surface area (Å²) in [5.74, 6) is -1.06. The molecule has 0 aromatic rings. The van der Waals surface area contributed by atoms with E-state index in [4.69, 9.17) is 16.7 Å². The summed E-state index contributed by atoms with van der Waals surface area (Å²) in [6.07, 6.45) is 0. The first kappa shape index (κ1) is 12.8. The molecule has 2 N–H and O–H groups in total. The Bertz CT molecular complexity index is 255. The van der Waals surface area contributed by atoms with Gasteiger partial charge in [0.05, 0.1) is 6.54 Å². The van der Waals surface area contributed by atoms with Crippen LogP contribution in [0.1, 0.15) is 6.92 Å². The molecule has 0 fully saturated rings. The average molecular weight is 221 g/mol. The Kier molecular flexibility index (Phi) is 5.01. The lowest BCUT2D eigenvalue weighted by Gasteiger charge is -2.21. The zero-order chi connectivity index (χ0) is 11.3. The van der Waals surface area contributed by atoms with Crippen LogP contribution < -0.4 is 5.32 Å². The van der Waals surface area contributed by atoms with Crippen molar-refractivity contribution in [2.24, 2.45) is 0 Å². The Hall–Kier alpha value is -1.23. The van der Waals surface area contributed by atoms with E-state index in [0.29, 0.717) is 0 Å². The zero-order valence-corrected chi connectivity index (χ0v) is 8.84. The first-order valence-electron chi connectivity index (χ1n) is 3.93. The van der Waals surface area contributed by atoms with Crippen LogP contribution in [0.3, 0.4) is 0 Å². The number of carboxylic acids is 1. The van der Waals surface area contributed by atoms with Gasteiger partial charge in [-0.1, -0.05) is 18.2 Å². The van der Waals surface area contributed by atoms with Crippen LogP contribution >= 0.6 is 11.6 Å². The summed E-state index contributed by atoms with van der Waals surface area (Å²) >= 11 is 5.42. The quantitative estimate of drug-likeness (QED) is 0.738. The molecule has 0 spiro atoms. The highest BCUT2D eigenvalue weighted by Crippen LogP contribution is 1.98. The second-order valence-electron chi connectivity index (χ2n) is 2.80. The Morgan fingerprint density at radius 1 is 1.64 bits per heavy atom. The molecule has 14 heavy (non-hydrogen) atoms. The van der Waals surface area contributed by atoms with E-state index < -0.39 is 18.0 Å². The van der Waals surface area contributed by atoms with Gasteiger partial charge in [-0.25, -0.2) is 9.59 Å². The predicted octanol–water partition coefficient (Wildman–Crippen LogP) is 0.853. The van der Waals surface area contributed by atoms with Gasteiger partial charge in [-0.15, -0.1) is 0 Å². The van der Waals surface area contributed by atoms with Crippen molar-refractivity contribution in [3.8, 4) is 0 Å². The summed E-state index contributed by atoms with van der Waals surface area (Å²) in [7, 11) is 1.39. The number of urea groups is 1. The molecule has 1 atom stereocenters. The molecule has 0 saturated heterocycles. The highest BCUT2D eigenvalue weighted by Gasteiger charge is 2.20. The van der Waals surface area contributed by atoms with Crippen molar-refractivity contribution in [3.63, 3.8) is 0 Å². The van der Waals surface area contributed by atoms with E-state index in [1.54, 1.807) is 0 Å². The third kappa shape index (κ3) is 4.13. The third-order valence-corrected chi connectivity index (χ3v) is 1.82. The Balaban J connectivity index is 4.11. The van der Waals surface area contributed by atoms with Gasteiger partial charge in [-0.05, 0) is 6.92 Å². The van der Waals surface area contributed by atoms with Crippen molar-refractivity contribution in [1.29, 1.82) is 0 Å². The lowest BCUT2D eigenvalue weighted by Crippen LogP contribution is -2.45. The molecule has 0 aliphatic rings. The molecular weight excluding hydrogens is 208 g/mol. The molecule has 0 bridgehead atoms. The van der Waals surface area contributed by atoms with E-state index in [1.165, 1.54) is 14.0 Å². The minimum atomic E-state index is -1.06. The average Bonchev–Trinajstić information content (AvgIpc) is 2.11. The molecule has 0 rings (SSSR count). The van der Waals surface area contributed by atoms with E-state index in [2.05, 4.69) is 11.9 Å². The maximum Gasteiger partial charge on any atom is 0.326 e. The van der Waals surface area contributed by atoms with E-state index in [0.717, 1.165) is 4.90 Å². The normalized spacial score (nSPS) is 11.6. The number of hydrogen-bond donors (Lipinski definition) is 2. The summed E-state index contributed by atoms with van der Waals surface area (Å²) in [5, 5.41) is 11.3. The van der Waals surface area contributed by atoms with Crippen molar-refractivity contribution in [1.82, 2.24) is 10.2 Å². The summed E-state index contributed by atoms with van der Waals surface area (Å²) < 4.78 is 0. The number of halogens is 1. The van der Waals surface area contributed by atoms with Gasteiger partial charge in [0.2, 0.25) is 0 Å². The Morgan fingerprint density at radius 2 is 2.14 bits per heavy atom. The summed E-state index contributed by atoms with van der Waals surface area (Å²) in [5.41, 5.74) is 0. The number of rotatable bonds is 4. The standard InChI is InChI=1S/C8H13ClN2O3/c1-5(9)4-10-8(14)11(3)6(2)7(12)13/h6H,1,4H2,2-3H3,(H,10,14)(H,12,13). The number of hydrogen-bond acceptors (Lipinski definition) is 2. The summed E-state index contributed by atoms with van der Waals surface area (Å²) in [6.45, 7) is 4.92. The highest BCUT2D eigenvalue weighted by atomic mass is 35.5. The molecule has 0 aliphatic heterocycles. The van der Waals surface area contributed by atoms with E-state index in [-0.39, 0.29) is 11.6 Å². The van der Waals surface area contributed by atoms with Gasteiger partial charge in [0.15, 0.2) is 0 Å². The molecule has 0 radical (unpaired) electrons. The van der Waals surface area contributed by atoms with Crippen molar-refractivity contribution in [3.05, 3.63) is 11.6 Å². The largest absolute Gasteiger partial charge is 0.480 e. The van der Waals surface area contributed by atoms with Crippen molar-refractivity contribution in [2.75, 3.05) is 13.6 Å². The number of likely N-dealkylation sites (N-methyl/N-ethyl adjacent to an activating group) is 1. The van der Waals surface area contributed by atoms with Gasteiger partial charge in [0.25, 0.3) is 0 Å². The topological polar surface area (TPSA) is 69.6 Å². The molecular formula is C8H13ClN2O3. The second-order valence-corrected chi connectivity index (χ2v) is 3.34. The van der Waals surface area contributed by atoms with Crippen LogP contribution in [0.5, 0.6) is 0 Å². The minimum Gasteiger partial charge on any atom is -0.480 e. The maximum atomic E-state index is 11.2. The number of carbonyl (C=O) groups is 2. The van der Waals surface area contributed by atoms with Gasteiger partial charge < -0.3 is 15.3 Å². The first-order valence-corrected chi connectivity index (χ1v) is 4.30. The van der Waals surface area contributed by atoms with Crippen LogP contribution in [0, 0.1) is 0 Å². The molecule has 0 heterocycles. The van der Waals surface area contributed by atoms with Gasteiger partial charge >= 0.3 is 12.0 Å². The third-order valence-electron chi connectivity index (χ3n) is 1.69. The lowest BCUT2D eigenvalue weighted by atomic mass is 10.3. The highest BCUT2D eigenvalue weighted by molar-refractivity contribution is 6.29. The molecule has 80 valence electrons. The minimum absolute atomic E-state index is 0.122. The molecule has 6 heteroatoms. The molecule has 2 amide bonds. The lowest BCUT2D eigenvalue weighted by molar-refractivity contribution is -0.141. The second kappa shape index (κ2) is 5.49. The van der Waals surface area contributed by atoms with Crippen molar-refractivity contribution in [2.45, 2.75) is 13.0 Å². The van der Waals surface area contributed by atoms with Crippen molar-refractivity contribution >= 4 is 23.6 Å². The Morgan fingerprint density at radius 3 is 2.50 bits per heavy atom. The molecule has 0 aromatic heterocycles. The number of carbonyl (C=O) groups excluding carboxylic acids is 1. The Labute approximate surface area is 87.3 Å². The SMILES string of the molecule is C=C(Cl)CNC(=O)N(C)C(C)C(=O)O. The summed E-state index contributed by atoms with van der Waals surface area (Å²) in [6, 6.07) is -1.37. The number of nitrogens with zero attached hydrogens (tertiary/aromatic N) is 1. The van der Waals surface area contributed by atoms with Crippen LogP contribution in [0.4, 0.5) is 4.79 Å². The molecule has 0 aromatic carbocycles. The first-order chi connectivity index (χ1) is 6.36. The van der Waals surface area contributed by atoms with Gasteiger partial charge in [0.1, 0.15) is 6.04 Å². The van der Waals surface area contributed by atoms with Crippen LogP contribution in [0.25, 0.3) is 0 Å². The fraction of sp³-hybridized carbons (Fsp3) is 0.500. The number of aliphatic carboxylic acids is 1. The fourth-order valence-corrected chi connectivity index (χ4v) is 0.705. The molecule has 5 nitrogen and oxygen atoms in total. The number of amides is 2. The smallest absolute Gasteiger partial charge is 0.326 e. The van der Waals surface area contributed by atoms with Gasteiger partial charge in [0, 0.05) is 12.1 Å². The van der Waals surface area contributed by atoms with Gasteiger partial charge in [-0.3, -0.25) is 0 Å².